The molecular formula is C17H22N4S. The minimum absolute atomic E-state index is 0.714. The first-order valence-electron chi connectivity index (χ1n) is 8.02. The van der Waals surface area contributed by atoms with Gasteiger partial charge in [-0.25, -0.2) is 9.97 Å². The van der Waals surface area contributed by atoms with Gasteiger partial charge in [0.05, 0.1) is 0 Å². The monoisotopic (exact) mass is 314 g/mol. The molecule has 2 aliphatic heterocycles. The standard InChI is InChI=1S/C17H22N4S/c1-12-9-13(2)18-17-15(12)3-4-16(19-17)21-10-14(11-21)20-5-7-22-8-6-20/h3-4,9,14H,5-8,10-11H2,1-2H3. The Hall–Kier alpha value is -1.33. The fourth-order valence-corrected chi connectivity index (χ4v) is 4.35. The first kappa shape index (κ1) is 14.3. The molecule has 0 unspecified atom stereocenters. The first-order chi connectivity index (χ1) is 10.7. The summed E-state index contributed by atoms with van der Waals surface area (Å²) in [6.45, 7) is 8.87. The average molecular weight is 314 g/mol. The van der Waals surface area contributed by atoms with Crippen molar-refractivity contribution < 1.29 is 0 Å². The zero-order chi connectivity index (χ0) is 15.1. The zero-order valence-corrected chi connectivity index (χ0v) is 14.1. The largest absolute Gasteiger partial charge is 0.353 e. The lowest BCUT2D eigenvalue weighted by atomic mass is 10.1. The fourth-order valence-electron chi connectivity index (χ4n) is 3.41. The van der Waals surface area contributed by atoms with Crippen LogP contribution in [0.5, 0.6) is 0 Å². The number of pyridine rings is 2. The molecule has 4 heterocycles. The second-order valence-corrected chi connectivity index (χ2v) is 7.55. The summed E-state index contributed by atoms with van der Waals surface area (Å²) in [7, 11) is 0. The molecule has 2 saturated heterocycles. The highest BCUT2D eigenvalue weighted by Gasteiger charge is 2.33. The van der Waals surface area contributed by atoms with Crippen LogP contribution in [0.1, 0.15) is 11.3 Å². The third kappa shape index (κ3) is 2.57. The molecule has 4 rings (SSSR count). The maximum Gasteiger partial charge on any atom is 0.162 e. The summed E-state index contributed by atoms with van der Waals surface area (Å²) in [5.41, 5.74) is 3.18. The summed E-state index contributed by atoms with van der Waals surface area (Å²) in [6, 6.07) is 7.15. The SMILES string of the molecule is Cc1cc(C)c2ccc(N3CC(N4CCSCC4)C3)nc2n1. The molecule has 2 aromatic rings. The van der Waals surface area contributed by atoms with E-state index < -0.39 is 0 Å². The maximum absolute atomic E-state index is 4.79. The van der Waals surface area contributed by atoms with Gasteiger partial charge in [0, 0.05) is 54.8 Å². The normalized spacial score (nSPS) is 20.4. The Labute approximate surface area is 135 Å². The molecule has 5 heteroatoms. The zero-order valence-electron chi connectivity index (χ0n) is 13.2. The van der Waals surface area contributed by atoms with E-state index in [4.69, 9.17) is 4.98 Å². The number of thioether (sulfide) groups is 1. The van der Waals surface area contributed by atoms with Crippen molar-refractivity contribution in [2.45, 2.75) is 19.9 Å². The van der Waals surface area contributed by atoms with E-state index >= 15 is 0 Å². The van der Waals surface area contributed by atoms with Crippen LogP contribution < -0.4 is 4.90 Å². The Bertz CT molecular complexity index is 690. The second-order valence-electron chi connectivity index (χ2n) is 6.33. The molecule has 0 atom stereocenters. The van der Waals surface area contributed by atoms with Gasteiger partial charge in [0.15, 0.2) is 5.65 Å². The van der Waals surface area contributed by atoms with Gasteiger partial charge in [0.25, 0.3) is 0 Å². The molecule has 116 valence electrons. The summed E-state index contributed by atoms with van der Waals surface area (Å²) in [4.78, 5) is 14.4. The van der Waals surface area contributed by atoms with Gasteiger partial charge >= 0.3 is 0 Å². The van der Waals surface area contributed by atoms with Crippen molar-refractivity contribution in [1.29, 1.82) is 0 Å². The van der Waals surface area contributed by atoms with Crippen molar-refractivity contribution in [2.24, 2.45) is 0 Å². The molecule has 0 radical (unpaired) electrons. The Kier molecular flexibility index (Phi) is 3.70. The van der Waals surface area contributed by atoms with Crippen LogP contribution in [0.3, 0.4) is 0 Å². The van der Waals surface area contributed by atoms with Crippen molar-refractivity contribution >= 4 is 28.6 Å². The highest BCUT2D eigenvalue weighted by Crippen LogP contribution is 2.26. The van der Waals surface area contributed by atoms with Gasteiger partial charge in [0.2, 0.25) is 0 Å². The summed E-state index contributed by atoms with van der Waals surface area (Å²) in [5.74, 6) is 3.65. The number of aromatic nitrogens is 2. The molecular weight excluding hydrogens is 292 g/mol. The summed E-state index contributed by atoms with van der Waals surface area (Å²) in [6.07, 6.45) is 0. The minimum atomic E-state index is 0.714. The minimum Gasteiger partial charge on any atom is -0.353 e. The number of rotatable bonds is 2. The van der Waals surface area contributed by atoms with Crippen LogP contribution in [0.15, 0.2) is 18.2 Å². The smallest absolute Gasteiger partial charge is 0.162 e. The lowest BCUT2D eigenvalue weighted by Crippen LogP contribution is -2.61. The number of anilines is 1. The predicted octanol–water partition coefficient (Wildman–Crippen LogP) is 2.48. The van der Waals surface area contributed by atoms with Crippen LogP contribution in [-0.2, 0) is 0 Å². The number of hydrogen-bond donors (Lipinski definition) is 0. The summed E-state index contributed by atoms with van der Waals surface area (Å²) >= 11 is 2.08. The van der Waals surface area contributed by atoms with Crippen LogP contribution in [-0.4, -0.2) is 58.6 Å². The summed E-state index contributed by atoms with van der Waals surface area (Å²) < 4.78 is 0. The average Bonchev–Trinajstić information content (AvgIpc) is 2.46. The van der Waals surface area contributed by atoms with Crippen molar-refractivity contribution in [2.75, 3.05) is 42.6 Å². The predicted molar refractivity (Wildman–Crippen MR) is 93.9 cm³/mol. The molecule has 0 spiro atoms. The highest BCUT2D eigenvalue weighted by molar-refractivity contribution is 7.99. The quantitative estimate of drug-likeness (QED) is 0.850. The van der Waals surface area contributed by atoms with E-state index in [-0.39, 0.29) is 0 Å². The fraction of sp³-hybridized carbons (Fsp3) is 0.529. The van der Waals surface area contributed by atoms with E-state index in [1.807, 2.05) is 6.92 Å². The van der Waals surface area contributed by atoms with Crippen molar-refractivity contribution in [1.82, 2.24) is 14.9 Å². The van der Waals surface area contributed by atoms with Gasteiger partial charge in [-0.1, -0.05) is 0 Å². The van der Waals surface area contributed by atoms with Gasteiger partial charge in [0.1, 0.15) is 5.82 Å². The molecule has 0 aromatic carbocycles. The van der Waals surface area contributed by atoms with Crippen molar-refractivity contribution in [3.8, 4) is 0 Å². The molecule has 22 heavy (non-hydrogen) atoms. The highest BCUT2D eigenvalue weighted by atomic mass is 32.2. The molecule has 0 saturated carbocycles. The van der Waals surface area contributed by atoms with Crippen molar-refractivity contribution in [3.63, 3.8) is 0 Å². The number of hydrogen-bond acceptors (Lipinski definition) is 5. The maximum atomic E-state index is 4.79. The molecule has 0 amide bonds. The van der Waals surface area contributed by atoms with E-state index in [1.54, 1.807) is 0 Å². The Morgan fingerprint density at radius 2 is 1.86 bits per heavy atom. The van der Waals surface area contributed by atoms with Gasteiger partial charge < -0.3 is 4.90 Å². The van der Waals surface area contributed by atoms with Crippen LogP contribution in [0, 0.1) is 13.8 Å². The second kappa shape index (κ2) is 5.70. The van der Waals surface area contributed by atoms with Crippen LogP contribution in [0.25, 0.3) is 11.0 Å². The van der Waals surface area contributed by atoms with Gasteiger partial charge in [-0.3, -0.25) is 4.90 Å². The van der Waals surface area contributed by atoms with E-state index in [0.29, 0.717) is 6.04 Å². The Balaban J connectivity index is 1.51. The van der Waals surface area contributed by atoms with E-state index in [2.05, 4.69) is 51.7 Å². The number of aryl methyl sites for hydroxylation is 2. The molecule has 0 N–H and O–H groups in total. The van der Waals surface area contributed by atoms with Gasteiger partial charge in [-0.05, 0) is 37.6 Å². The Morgan fingerprint density at radius 3 is 2.64 bits per heavy atom. The van der Waals surface area contributed by atoms with Crippen LogP contribution >= 0.6 is 11.8 Å². The molecule has 2 aliphatic rings. The van der Waals surface area contributed by atoms with Crippen LogP contribution in [0.4, 0.5) is 5.82 Å². The first-order valence-corrected chi connectivity index (χ1v) is 9.18. The number of nitrogens with zero attached hydrogens (tertiary/aromatic N) is 4. The number of fused-ring (bicyclic) bond motifs is 1. The van der Waals surface area contributed by atoms with E-state index in [0.717, 1.165) is 30.2 Å². The van der Waals surface area contributed by atoms with E-state index in [1.165, 1.54) is 35.5 Å². The molecule has 2 aromatic heterocycles. The van der Waals surface area contributed by atoms with Gasteiger partial charge in [-0.15, -0.1) is 0 Å². The van der Waals surface area contributed by atoms with Crippen molar-refractivity contribution in [3.05, 3.63) is 29.5 Å². The third-order valence-electron chi connectivity index (χ3n) is 4.74. The van der Waals surface area contributed by atoms with Crippen LogP contribution in [0.2, 0.25) is 0 Å². The Morgan fingerprint density at radius 1 is 1.09 bits per heavy atom. The topological polar surface area (TPSA) is 32.3 Å². The third-order valence-corrected chi connectivity index (χ3v) is 5.68. The molecule has 4 nitrogen and oxygen atoms in total. The molecule has 0 bridgehead atoms. The van der Waals surface area contributed by atoms with E-state index in [9.17, 15) is 0 Å². The van der Waals surface area contributed by atoms with Gasteiger partial charge in [-0.2, -0.15) is 11.8 Å². The lowest BCUT2D eigenvalue weighted by molar-refractivity contribution is 0.182. The molecule has 2 fully saturated rings. The molecule has 0 aliphatic carbocycles. The lowest BCUT2D eigenvalue weighted by Gasteiger charge is -2.47. The summed E-state index contributed by atoms with van der Waals surface area (Å²) in [5, 5.41) is 1.17.